The molecule has 0 saturated carbocycles. The topological polar surface area (TPSA) is 93.9 Å². The number of carbonyl (C=O) groups excluding carboxylic acids is 1. The summed E-state index contributed by atoms with van der Waals surface area (Å²) in [5, 5.41) is 9.96. The lowest BCUT2D eigenvalue weighted by Gasteiger charge is -2.35. The number of hydrogen-bond donors (Lipinski definition) is 0. The molecule has 192 valence electrons. The standard InChI is InChI=1S/C25H28Cl2N4O4S/c1-17(35-20-6-3-18(14-28)4-7-20)21-15-30(16-22(21)19-5-8-23(26)24(27)13-19)25(32)29-9-11-31(12-10-29)36(2,33)34/h3-8,13,17,21-22H,9-12,15-16H2,1-2H3/t17-,21+,22-/m1/s1. The number of rotatable bonds is 5. The van der Waals surface area contributed by atoms with Gasteiger partial charge in [-0.05, 0) is 48.9 Å². The molecule has 0 N–H and O–H groups in total. The summed E-state index contributed by atoms with van der Waals surface area (Å²) in [6, 6.07) is 14.5. The second kappa shape index (κ2) is 10.9. The fourth-order valence-corrected chi connectivity index (χ4v) is 6.01. The molecule has 2 saturated heterocycles. The largest absolute Gasteiger partial charge is 0.490 e. The number of piperazine rings is 1. The third kappa shape index (κ3) is 5.89. The Bertz CT molecular complexity index is 1260. The molecular formula is C25H28Cl2N4O4S. The third-order valence-corrected chi connectivity index (χ3v) is 8.94. The van der Waals surface area contributed by atoms with E-state index in [0.717, 1.165) is 5.56 Å². The van der Waals surface area contributed by atoms with Crippen molar-refractivity contribution >= 4 is 39.3 Å². The van der Waals surface area contributed by atoms with Gasteiger partial charge in [0.05, 0.1) is 27.9 Å². The second-order valence-corrected chi connectivity index (χ2v) is 12.0. The molecule has 0 bridgehead atoms. The van der Waals surface area contributed by atoms with Crippen molar-refractivity contribution in [2.75, 3.05) is 45.5 Å². The van der Waals surface area contributed by atoms with Crippen LogP contribution in [0.15, 0.2) is 42.5 Å². The van der Waals surface area contributed by atoms with Crippen LogP contribution in [-0.4, -0.2) is 80.2 Å². The summed E-state index contributed by atoms with van der Waals surface area (Å²) in [4.78, 5) is 16.9. The van der Waals surface area contributed by atoms with E-state index in [1.165, 1.54) is 10.6 Å². The Kier molecular flexibility index (Phi) is 8.00. The maximum atomic E-state index is 13.4. The first-order chi connectivity index (χ1) is 17.1. The Balaban J connectivity index is 1.52. The van der Waals surface area contributed by atoms with Gasteiger partial charge in [-0.1, -0.05) is 29.3 Å². The van der Waals surface area contributed by atoms with E-state index >= 15 is 0 Å². The highest BCUT2D eigenvalue weighted by Crippen LogP contribution is 2.39. The van der Waals surface area contributed by atoms with Gasteiger partial charge in [0.25, 0.3) is 0 Å². The van der Waals surface area contributed by atoms with Gasteiger partial charge in [-0.15, -0.1) is 0 Å². The van der Waals surface area contributed by atoms with Crippen LogP contribution in [0.1, 0.15) is 24.0 Å². The number of halogens is 2. The molecule has 2 aromatic carbocycles. The predicted octanol–water partition coefficient (Wildman–Crippen LogP) is 4.05. The smallest absolute Gasteiger partial charge is 0.320 e. The fraction of sp³-hybridized carbons (Fsp3) is 0.440. The van der Waals surface area contributed by atoms with Crippen LogP contribution in [0.25, 0.3) is 0 Å². The van der Waals surface area contributed by atoms with E-state index in [9.17, 15) is 13.2 Å². The van der Waals surface area contributed by atoms with Crippen LogP contribution in [0.4, 0.5) is 4.79 Å². The molecule has 0 radical (unpaired) electrons. The number of carbonyl (C=O) groups is 1. The molecule has 2 fully saturated rings. The summed E-state index contributed by atoms with van der Waals surface area (Å²) in [5.41, 5.74) is 1.53. The molecule has 0 aromatic heterocycles. The quantitative estimate of drug-likeness (QED) is 0.559. The highest BCUT2D eigenvalue weighted by Gasteiger charge is 2.42. The zero-order valence-corrected chi connectivity index (χ0v) is 22.4. The van der Waals surface area contributed by atoms with Crippen LogP contribution in [0.2, 0.25) is 10.0 Å². The molecule has 2 heterocycles. The monoisotopic (exact) mass is 550 g/mol. The SMILES string of the molecule is C[C@@H](Oc1ccc(C#N)cc1)[C@@H]1CN(C(=O)N2CCN(S(C)(=O)=O)CC2)C[C@@H]1c1ccc(Cl)c(Cl)c1. The van der Waals surface area contributed by atoms with Gasteiger partial charge in [-0.25, -0.2) is 13.2 Å². The van der Waals surface area contributed by atoms with Crippen LogP contribution in [0.3, 0.4) is 0 Å². The summed E-state index contributed by atoms with van der Waals surface area (Å²) >= 11 is 12.5. The van der Waals surface area contributed by atoms with Crippen molar-refractivity contribution in [3.05, 3.63) is 63.6 Å². The minimum absolute atomic E-state index is 0.0286. The molecule has 4 rings (SSSR count). The van der Waals surface area contributed by atoms with Crippen molar-refractivity contribution in [2.24, 2.45) is 5.92 Å². The van der Waals surface area contributed by atoms with E-state index in [4.69, 9.17) is 33.2 Å². The van der Waals surface area contributed by atoms with Crippen molar-refractivity contribution < 1.29 is 17.9 Å². The van der Waals surface area contributed by atoms with Crippen molar-refractivity contribution in [3.8, 4) is 11.8 Å². The number of hydrogen-bond acceptors (Lipinski definition) is 5. The van der Waals surface area contributed by atoms with Gasteiger partial charge in [0.1, 0.15) is 11.9 Å². The molecule has 8 nitrogen and oxygen atoms in total. The molecule has 2 aliphatic heterocycles. The van der Waals surface area contributed by atoms with E-state index in [1.807, 2.05) is 24.0 Å². The number of nitriles is 1. The van der Waals surface area contributed by atoms with Gasteiger partial charge in [-0.2, -0.15) is 9.57 Å². The summed E-state index contributed by atoms with van der Waals surface area (Å²) in [6.45, 7) is 4.21. The van der Waals surface area contributed by atoms with Gasteiger partial charge < -0.3 is 14.5 Å². The first-order valence-electron chi connectivity index (χ1n) is 11.7. The summed E-state index contributed by atoms with van der Waals surface area (Å²) in [5.74, 6) is 0.588. The van der Waals surface area contributed by atoms with Crippen molar-refractivity contribution in [1.29, 1.82) is 5.26 Å². The average molecular weight is 551 g/mol. The second-order valence-electron chi connectivity index (χ2n) is 9.24. The zero-order valence-electron chi connectivity index (χ0n) is 20.1. The maximum Gasteiger partial charge on any atom is 0.320 e. The van der Waals surface area contributed by atoms with Gasteiger partial charge in [0.2, 0.25) is 10.0 Å². The number of ether oxygens (including phenoxy) is 1. The van der Waals surface area contributed by atoms with Crippen LogP contribution in [0, 0.1) is 17.2 Å². The summed E-state index contributed by atoms with van der Waals surface area (Å²) in [6.07, 6.45) is 0.949. The van der Waals surface area contributed by atoms with E-state index < -0.39 is 10.0 Å². The van der Waals surface area contributed by atoms with Gasteiger partial charge in [-0.3, -0.25) is 0 Å². The Morgan fingerprint density at radius 1 is 1.03 bits per heavy atom. The van der Waals surface area contributed by atoms with E-state index in [0.29, 0.717) is 47.5 Å². The minimum atomic E-state index is -3.28. The number of sulfonamides is 1. The van der Waals surface area contributed by atoms with Crippen molar-refractivity contribution in [3.63, 3.8) is 0 Å². The molecule has 3 atom stereocenters. The third-order valence-electron chi connectivity index (χ3n) is 6.89. The lowest BCUT2D eigenvalue weighted by atomic mass is 9.85. The Morgan fingerprint density at radius 3 is 2.28 bits per heavy atom. The summed E-state index contributed by atoms with van der Waals surface area (Å²) in [7, 11) is -3.28. The molecular weight excluding hydrogens is 523 g/mol. The predicted molar refractivity (Wildman–Crippen MR) is 139 cm³/mol. The van der Waals surface area contributed by atoms with Crippen molar-refractivity contribution in [1.82, 2.24) is 14.1 Å². The van der Waals surface area contributed by atoms with Crippen LogP contribution < -0.4 is 4.74 Å². The lowest BCUT2D eigenvalue weighted by molar-refractivity contribution is 0.129. The minimum Gasteiger partial charge on any atom is -0.490 e. The molecule has 0 aliphatic carbocycles. The lowest BCUT2D eigenvalue weighted by Crippen LogP contribution is -2.53. The molecule has 36 heavy (non-hydrogen) atoms. The Morgan fingerprint density at radius 2 is 1.69 bits per heavy atom. The fourth-order valence-electron chi connectivity index (χ4n) is 4.88. The highest BCUT2D eigenvalue weighted by atomic mass is 35.5. The highest BCUT2D eigenvalue weighted by molar-refractivity contribution is 7.88. The zero-order chi connectivity index (χ0) is 26.0. The first kappa shape index (κ1) is 26.6. The molecule has 2 aliphatic rings. The van der Waals surface area contributed by atoms with Crippen LogP contribution in [0.5, 0.6) is 5.75 Å². The number of urea groups is 1. The van der Waals surface area contributed by atoms with Gasteiger partial charge in [0, 0.05) is 51.1 Å². The van der Waals surface area contributed by atoms with Crippen LogP contribution in [-0.2, 0) is 10.0 Å². The Labute approximate surface area is 222 Å². The average Bonchev–Trinajstić information content (AvgIpc) is 3.31. The maximum absolute atomic E-state index is 13.4. The molecule has 0 unspecified atom stereocenters. The molecule has 11 heteroatoms. The summed E-state index contributed by atoms with van der Waals surface area (Å²) < 4.78 is 31.3. The van der Waals surface area contributed by atoms with E-state index in [-0.39, 0.29) is 37.1 Å². The normalized spacial score (nSPS) is 21.8. The van der Waals surface area contributed by atoms with Gasteiger partial charge in [0.15, 0.2) is 0 Å². The number of benzene rings is 2. The molecule has 2 amide bonds. The molecule has 0 spiro atoms. The van der Waals surface area contributed by atoms with Crippen molar-refractivity contribution in [2.45, 2.75) is 18.9 Å². The number of nitrogens with zero attached hydrogens (tertiary/aromatic N) is 4. The first-order valence-corrected chi connectivity index (χ1v) is 14.3. The van der Waals surface area contributed by atoms with E-state index in [1.54, 1.807) is 35.2 Å². The van der Waals surface area contributed by atoms with Gasteiger partial charge >= 0.3 is 6.03 Å². The number of likely N-dealkylation sites (tertiary alicyclic amines) is 1. The molecule has 2 aromatic rings. The van der Waals surface area contributed by atoms with E-state index in [2.05, 4.69) is 6.07 Å². The van der Waals surface area contributed by atoms with Crippen LogP contribution >= 0.6 is 23.2 Å². The number of amides is 2. The Hall–Kier alpha value is -2.51.